The molecule has 0 spiro atoms. The van der Waals surface area contributed by atoms with Crippen molar-refractivity contribution in [2.24, 2.45) is 0 Å². The van der Waals surface area contributed by atoms with Gasteiger partial charge in [-0.3, -0.25) is 20.4 Å². The maximum absolute atomic E-state index is 12.3. The summed E-state index contributed by atoms with van der Waals surface area (Å²) in [6.45, 7) is 0. The summed E-state index contributed by atoms with van der Waals surface area (Å²) in [6.07, 6.45) is 2.87. The lowest BCUT2D eigenvalue weighted by Gasteiger charge is -2.14. The zero-order valence-electron chi connectivity index (χ0n) is 16.1. The molecule has 0 unspecified atom stereocenters. The van der Waals surface area contributed by atoms with E-state index in [2.05, 4.69) is 10.9 Å². The minimum absolute atomic E-state index is 0.225. The molecular formula is C20H22N2O6. The molecule has 2 aromatic rings. The van der Waals surface area contributed by atoms with Crippen LogP contribution >= 0.6 is 0 Å². The van der Waals surface area contributed by atoms with Gasteiger partial charge in [-0.2, -0.15) is 0 Å². The zero-order valence-corrected chi connectivity index (χ0v) is 16.1. The highest BCUT2D eigenvalue weighted by Crippen LogP contribution is 2.38. The smallest absolute Gasteiger partial charge is 0.269 e. The fraction of sp³-hybridized carbons (Fsp3) is 0.200. The van der Waals surface area contributed by atoms with Crippen LogP contribution in [0, 0.1) is 0 Å². The number of para-hydroxylation sites is 1. The molecule has 8 nitrogen and oxygen atoms in total. The van der Waals surface area contributed by atoms with Crippen LogP contribution in [0.1, 0.15) is 15.9 Å². The Morgan fingerprint density at radius 2 is 1.43 bits per heavy atom. The molecule has 0 aromatic heterocycles. The van der Waals surface area contributed by atoms with Crippen LogP contribution in [0.2, 0.25) is 0 Å². The first-order chi connectivity index (χ1) is 13.5. The van der Waals surface area contributed by atoms with Gasteiger partial charge in [-0.25, -0.2) is 0 Å². The van der Waals surface area contributed by atoms with Gasteiger partial charge in [-0.1, -0.05) is 18.2 Å². The Kier molecular flexibility index (Phi) is 7.27. The van der Waals surface area contributed by atoms with Crippen molar-refractivity contribution in [2.75, 3.05) is 28.4 Å². The molecule has 148 valence electrons. The van der Waals surface area contributed by atoms with Crippen molar-refractivity contribution in [3.05, 3.63) is 53.6 Å². The van der Waals surface area contributed by atoms with Gasteiger partial charge in [0.25, 0.3) is 11.8 Å². The van der Waals surface area contributed by atoms with Gasteiger partial charge in [-0.05, 0) is 24.3 Å². The monoisotopic (exact) mass is 386 g/mol. The second-order valence-electron chi connectivity index (χ2n) is 5.43. The van der Waals surface area contributed by atoms with Crippen LogP contribution in [0.25, 0.3) is 6.08 Å². The minimum Gasteiger partial charge on any atom is -0.496 e. The Morgan fingerprint density at radius 1 is 0.821 bits per heavy atom. The number of rotatable bonds is 7. The Balaban J connectivity index is 2.05. The first-order valence-electron chi connectivity index (χ1n) is 8.25. The van der Waals surface area contributed by atoms with E-state index in [1.165, 1.54) is 39.5 Å². The SMILES string of the molecule is COc1ccccc1C=CC(=O)NNC(=O)c1cc(OC)c(OC)c(OC)c1. The van der Waals surface area contributed by atoms with E-state index in [9.17, 15) is 9.59 Å². The summed E-state index contributed by atoms with van der Waals surface area (Å²) in [4.78, 5) is 24.3. The molecular weight excluding hydrogens is 364 g/mol. The molecule has 0 aliphatic carbocycles. The Morgan fingerprint density at radius 3 is 2.00 bits per heavy atom. The van der Waals surface area contributed by atoms with Crippen LogP contribution < -0.4 is 29.8 Å². The summed E-state index contributed by atoms with van der Waals surface area (Å²) in [5.41, 5.74) is 5.60. The van der Waals surface area contributed by atoms with E-state index in [0.717, 1.165) is 5.56 Å². The van der Waals surface area contributed by atoms with E-state index in [0.29, 0.717) is 23.0 Å². The third-order valence-electron chi connectivity index (χ3n) is 3.78. The summed E-state index contributed by atoms with van der Waals surface area (Å²) < 4.78 is 20.8. The van der Waals surface area contributed by atoms with Crippen molar-refractivity contribution in [3.8, 4) is 23.0 Å². The normalized spacial score (nSPS) is 10.3. The van der Waals surface area contributed by atoms with Crippen LogP contribution in [-0.2, 0) is 4.79 Å². The largest absolute Gasteiger partial charge is 0.496 e. The fourth-order valence-electron chi connectivity index (χ4n) is 2.41. The summed E-state index contributed by atoms with van der Waals surface area (Å²) in [5, 5.41) is 0. The van der Waals surface area contributed by atoms with Gasteiger partial charge in [0.05, 0.1) is 28.4 Å². The van der Waals surface area contributed by atoms with Gasteiger partial charge >= 0.3 is 0 Å². The molecule has 28 heavy (non-hydrogen) atoms. The Bertz CT molecular complexity index is 854. The lowest BCUT2D eigenvalue weighted by atomic mass is 10.1. The molecule has 2 N–H and O–H groups in total. The first kappa shape index (κ1) is 20.6. The second-order valence-corrected chi connectivity index (χ2v) is 5.43. The van der Waals surface area contributed by atoms with Crippen molar-refractivity contribution >= 4 is 17.9 Å². The van der Waals surface area contributed by atoms with E-state index < -0.39 is 11.8 Å². The second kappa shape index (κ2) is 9.86. The average Bonchev–Trinajstić information content (AvgIpc) is 2.74. The molecule has 8 heteroatoms. The molecule has 0 heterocycles. The van der Waals surface area contributed by atoms with Crippen molar-refractivity contribution in [3.63, 3.8) is 0 Å². The highest BCUT2D eigenvalue weighted by molar-refractivity contribution is 5.98. The quantitative estimate of drug-likeness (QED) is 0.560. The topological polar surface area (TPSA) is 95.1 Å². The van der Waals surface area contributed by atoms with Gasteiger partial charge in [0, 0.05) is 17.2 Å². The molecule has 0 saturated carbocycles. The summed E-state index contributed by atoms with van der Waals surface area (Å²) >= 11 is 0. The molecule has 0 saturated heterocycles. The van der Waals surface area contributed by atoms with Gasteiger partial charge < -0.3 is 18.9 Å². The van der Waals surface area contributed by atoms with Crippen LogP contribution in [0.15, 0.2) is 42.5 Å². The van der Waals surface area contributed by atoms with Gasteiger partial charge in [0.1, 0.15) is 5.75 Å². The Labute approximate surface area is 163 Å². The molecule has 0 fully saturated rings. The number of benzene rings is 2. The van der Waals surface area contributed by atoms with Crippen molar-refractivity contribution in [1.82, 2.24) is 10.9 Å². The maximum atomic E-state index is 12.3. The number of ether oxygens (including phenoxy) is 4. The third kappa shape index (κ3) is 4.94. The van der Waals surface area contributed by atoms with Crippen LogP contribution in [0.5, 0.6) is 23.0 Å². The molecule has 2 aromatic carbocycles. The first-order valence-corrected chi connectivity index (χ1v) is 8.25. The van der Waals surface area contributed by atoms with Gasteiger partial charge in [-0.15, -0.1) is 0 Å². The van der Waals surface area contributed by atoms with E-state index in [4.69, 9.17) is 18.9 Å². The molecule has 0 bridgehead atoms. The van der Waals surface area contributed by atoms with E-state index in [-0.39, 0.29) is 5.56 Å². The van der Waals surface area contributed by atoms with Gasteiger partial charge in [0.2, 0.25) is 5.75 Å². The molecule has 0 aliphatic heterocycles. The predicted octanol–water partition coefficient (Wildman–Crippen LogP) is 2.20. The minimum atomic E-state index is -0.543. The molecule has 0 aliphatic rings. The number of hydrogen-bond acceptors (Lipinski definition) is 6. The number of methoxy groups -OCH3 is 4. The Hall–Kier alpha value is -3.68. The molecule has 0 atom stereocenters. The highest BCUT2D eigenvalue weighted by atomic mass is 16.5. The highest BCUT2D eigenvalue weighted by Gasteiger charge is 2.17. The van der Waals surface area contributed by atoms with E-state index >= 15 is 0 Å². The number of carbonyl (C=O) groups excluding carboxylic acids is 2. The van der Waals surface area contributed by atoms with E-state index in [1.807, 2.05) is 12.1 Å². The maximum Gasteiger partial charge on any atom is 0.269 e. The van der Waals surface area contributed by atoms with Crippen LogP contribution in [0.3, 0.4) is 0 Å². The average molecular weight is 386 g/mol. The number of carbonyl (C=O) groups is 2. The number of nitrogens with one attached hydrogen (secondary N) is 2. The third-order valence-corrected chi connectivity index (χ3v) is 3.78. The van der Waals surface area contributed by atoms with Crippen molar-refractivity contribution < 1.29 is 28.5 Å². The summed E-state index contributed by atoms with van der Waals surface area (Å²) in [6, 6.07) is 10.2. The van der Waals surface area contributed by atoms with E-state index in [1.54, 1.807) is 25.3 Å². The number of hydrogen-bond donors (Lipinski definition) is 2. The summed E-state index contributed by atoms with van der Waals surface area (Å²) in [7, 11) is 5.91. The predicted molar refractivity (Wildman–Crippen MR) is 104 cm³/mol. The van der Waals surface area contributed by atoms with Crippen molar-refractivity contribution in [2.45, 2.75) is 0 Å². The standard InChI is InChI=1S/C20H22N2O6/c1-25-15-8-6-5-7-13(15)9-10-18(23)21-22-20(24)14-11-16(26-2)19(28-4)17(12-14)27-3/h5-12H,1-4H3,(H,21,23)(H,22,24). The molecule has 2 rings (SSSR count). The number of hydrazine groups is 1. The molecule has 0 radical (unpaired) electrons. The van der Waals surface area contributed by atoms with Gasteiger partial charge in [0.15, 0.2) is 11.5 Å². The molecule has 2 amide bonds. The summed E-state index contributed by atoms with van der Waals surface area (Å²) in [5.74, 6) is 0.604. The number of amides is 2. The fourth-order valence-corrected chi connectivity index (χ4v) is 2.41. The van der Waals surface area contributed by atoms with Crippen LogP contribution in [-0.4, -0.2) is 40.3 Å². The van der Waals surface area contributed by atoms with Crippen LogP contribution in [0.4, 0.5) is 0 Å². The lowest BCUT2D eigenvalue weighted by Crippen LogP contribution is -2.40. The zero-order chi connectivity index (χ0) is 20.5. The lowest BCUT2D eigenvalue weighted by molar-refractivity contribution is -0.117. The van der Waals surface area contributed by atoms with Crippen molar-refractivity contribution in [1.29, 1.82) is 0 Å².